The maximum atomic E-state index is 5.34. The highest BCUT2D eigenvalue weighted by molar-refractivity contribution is 7.26. The van der Waals surface area contributed by atoms with E-state index in [0.29, 0.717) is 23.3 Å². The van der Waals surface area contributed by atoms with Crippen LogP contribution in [0.2, 0.25) is 0 Å². The average molecular weight is 659 g/mol. The minimum atomic E-state index is 0.615. The molecule has 50 heavy (non-hydrogen) atoms. The fraction of sp³-hybridized carbons (Fsp3) is 0. The predicted octanol–water partition coefficient (Wildman–Crippen LogP) is 10.8. The van der Waals surface area contributed by atoms with Crippen molar-refractivity contribution in [3.05, 3.63) is 158 Å². The van der Waals surface area contributed by atoms with Crippen LogP contribution in [0.5, 0.6) is 0 Å². The van der Waals surface area contributed by atoms with Crippen LogP contribution < -0.4 is 0 Å². The van der Waals surface area contributed by atoms with Gasteiger partial charge in [-0.3, -0.25) is 4.57 Å². The zero-order valence-corrected chi connectivity index (χ0v) is 27.4. The second-order valence-electron chi connectivity index (χ2n) is 12.1. The number of hydrogen-bond donors (Lipinski definition) is 0. The Hall–Kier alpha value is -6.57. The van der Waals surface area contributed by atoms with Gasteiger partial charge in [-0.05, 0) is 18.2 Å². The minimum absolute atomic E-state index is 0.615. The standard InChI is InChI=1S/C43H26N6S/c1-4-15-27(16-5-1)39-44-36-32-23-14-24-33(42-46-40(28-17-6-2-7-18-28)45-41(47-42)29-19-8-3-9-20-29)37(32)50-38(36)43(48-39)49-34-25-12-10-21-30(34)31-22-11-13-26-35(31)49/h1-26H. The molecule has 6 nitrogen and oxygen atoms in total. The fourth-order valence-corrected chi connectivity index (χ4v) is 8.00. The van der Waals surface area contributed by atoms with E-state index >= 15 is 0 Å². The van der Waals surface area contributed by atoms with Gasteiger partial charge >= 0.3 is 0 Å². The molecule has 7 heteroatoms. The van der Waals surface area contributed by atoms with Crippen molar-refractivity contribution in [2.75, 3.05) is 0 Å². The highest BCUT2D eigenvalue weighted by atomic mass is 32.1. The Morgan fingerprint density at radius 3 is 1.38 bits per heavy atom. The van der Waals surface area contributed by atoms with Gasteiger partial charge in [0.05, 0.1) is 21.3 Å². The molecule has 0 saturated carbocycles. The summed E-state index contributed by atoms with van der Waals surface area (Å²) >= 11 is 1.69. The number of para-hydroxylation sites is 2. The molecule has 4 heterocycles. The van der Waals surface area contributed by atoms with Crippen LogP contribution in [-0.4, -0.2) is 29.5 Å². The van der Waals surface area contributed by atoms with E-state index in [0.717, 1.165) is 59.4 Å². The minimum Gasteiger partial charge on any atom is -0.292 e. The van der Waals surface area contributed by atoms with Gasteiger partial charge in [-0.15, -0.1) is 11.3 Å². The van der Waals surface area contributed by atoms with E-state index in [4.69, 9.17) is 24.9 Å². The molecule has 0 N–H and O–H groups in total. The molecular formula is C43H26N6S. The number of aromatic nitrogens is 6. The molecule has 10 aromatic rings. The van der Waals surface area contributed by atoms with Gasteiger partial charge in [0.25, 0.3) is 0 Å². The second kappa shape index (κ2) is 11.5. The number of hydrogen-bond acceptors (Lipinski definition) is 6. The van der Waals surface area contributed by atoms with E-state index in [9.17, 15) is 0 Å². The van der Waals surface area contributed by atoms with Gasteiger partial charge in [-0.25, -0.2) is 24.9 Å². The molecular weight excluding hydrogens is 633 g/mol. The third-order valence-electron chi connectivity index (χ3n) is 9.09. The molecule has 6 aromatic carbocycles. The van der Waals surface area contributed by atoms with E-state index in [1.807, 2.05) is 78.9 Å². The van der Waals surface area contributed by atoms with Gasteiger partial charge in [0.2, 0.25) is 0 Å². The molecule has 0 bridgehead atoms. The first kappa shape index (κ1) is 28.4. The van der Waals surface area contributed by atoms with Crippen LogP contribution in [0, 0.1) is 0 Å². The highest BCUT2D eigenvalue weighted by Gasteiger charge is 2.23. The van der Waals surface area contributed by atoms with E-state index < -0.39 is 0 Å². The lowest BCUT2D eigenvalue weighted by atomic mass is 10.1. The Bertz CT molecular complexity index is 2750. The van der Waals surface area contributed by atoms with Gasteiger partial charge in [-0.2, -0.15) is 0 Å². The predicted molar refractivity (Wildman–Crippen MR) is 204 cm³/mol. The summed E-state index contributed by atoms with van der Waals surface area (Å²) in [5, 5.41) is 3.40. The van der Waals surface area contributed by atoms with Crippen LogP contribution in [0.15, 0.2) is 158 Å². The number of benzene rings is 6. The molecule has 0 aliphatic heterocycles. The molecule has 0 spiro atoms. The Morgan fingerprint density at radius 2 is 0.820 bits per heavy atom. The van der Waals surface area contributed by atoms with Crippen LogP contribution in [0.25, 0.3) is 93.5 Å². The normalized spacial score (nSPS) is 11.6. The molecule has 0 aliphatic carbocycles. The molecule has 0 unspecified atom stereocenters. The molecule has 234 valence electrons. The molecule has 0 saturated heterocycles. The smallest absolute Gasteiger partial charge is 0.165 e. The van der Waals surface area contributed by atoms with Gasteiger partial charge in [0.1, 0.15) is 0 Å². The molecule has 0 amide bonds. The summed E-state index contributed by atoms with van der Waals surface area (Å²) in [4.78, 5) is 25.7. The summed E-state index contributed by atoms with van der Waals surface area (Å²) in [5.74, 6) is 3.40. The van der Waals surface area contributed by atoms with Crippen LogP contribution >= 0.6 is 11.3 Å². The molecule has 0 radical (unpaired) electrons. The molecule has 0 fully saturated rings. The maximum Gasteiger partial charge on any atom is 0.165 e. The summed E-state index contributed by atoms with van der Waals surface area (Å²) in [6.07, 6.45) is 0. The van der Waals surface area contributed by atoms with Crippen molar-refractivity contribution < 1.29 is 0 Å². The summed E-state index contributed by atoms with van der Waals surface area (Å²) in [6.45, 7) is 0. The molecule has 0 atom stereocenters. The van der Waals surface area contributed by atoms with E-state index in [-0.39, 0.29) is 0 Å². The maximum absolute atomic E-state index is 5.34. The van der Waals surface area contributed by atoms with Gasteiger partial charge in [0, 0.05) is 43.1 Å². The number of fused-ring (bicyclic) bond motifs is 6. The van der Waals surface area contributed by atoms with E-state index in [1.54, 1.807) is 11.3 Å². The SMILES string of the molecule is c1ccc(-c2nc(-c3ccccc3)nc(-c3cccc4c3sc3c(-n5c6ccccc6c6ccccc65)nc(-c5ccccc5)nc34)n2)cc1. The van der Waals surface area contributed by atoms with Crippen molar-refractivity contribution in [3.63, 3.8) is 0 Å². The first-order chi connectivity index (χ1) is 24.8. The van der Waals surface area contributed by atoms with Gasteiger partial charge in [-0.1, -0.05) is 140 Å². The van der Waals surface area contributed by atoms with Crippen molar-refractivity contribution >= 4 is 53.4 Å². The quantitative estimate of drug-likeness (QED) is 0.184. The third kappa shape index (κ3) is 4.59. The lowest BCUT2D eigenvalue weighted by molar-refractivity contribution is 1.08. The molecule has 4 aromatic heterocycles. The topological polar surface area (TPSA) is 69.4 Å². The Morgan fingerprint density at radius 1 is 0.360 bits per heavy atom. The van der Waals surface area contributed by atoms with Gasteiger partial charge in [0.15, 0.2) is 29.1 Å². The monoisotopic (exact) mass is 658 g/mol. The number of thiophene rings is 1. The Balaban J connectivity index is 1.29. The summed E-state index contributed by atoms with van der Waals surface area (Å²) in [5.41, 5.74) is 6.86. The average Bonchev–Trinajstić information content (AvgIpc) is 3.74. The lowest BCUT2D eigenvalue weighted by Crippen LogP contribution is -2.01. The van der Waals surface area contributed by atoms with Crippen LogP contribution in [0.1, 0.15) is 0 Å². The Kier molecular flexibility index (Phi) is 6.57. The van der Waals surface area contributed by atoms with Crippen LogP contribution in [0.4, 0.5) is 0 Å². The van der Waals surface area contributed by atoms with Gasteiger partial charge < -0.3 is 0 Å². The molecule has 0 aliphatic rings. The largest absolute Gasteiger partial charge is 0.292 e. The van der Waals surface area contributed by atoms with E-state index in [1.165, 1.54) is 10.8 Å². The van der Waals surface area contributed by atoms with Crippen molar-refractivity contribution in [3.8, 4) is 51.4 Å². The van der Waals surface area contributed by atoms with Crippen LogP contribution in [0.3, 0.4) is 0 Å². The Labute approximate surface area is 291 Å². The lowest BCUT2D eigenvalue weighted by Gasteiger charge is -2.10. The van der Waals surface area contributed by atoms with Crippen molar-refractivity contribution in [2.45, 2.75) is 0 Å². The van der Waals surface area contributed by atoms with Crippen molar-refractivity contribution in [1.82, 2.24) is 29.5 Å². The third-order valence-corrected chi connectivity index (χ3v) is 10.3. The second-order valence-corrected chi connectivity index (χ2v) is 13.1. The fourth-order valence-electron chi connectivity index (χ4n) is 6.77. The van der Waals surface area contributed by atoms with Crippen molar-refractivity contribution in [1.29, 1.82) is 0 Å². The first-order valence-corrected chi connectivity index (χ1v) is 17.3. The number of nitrogens with zero attached hydrogens (tertiary/aromatic N) is 6. The van der Waals surface area contributed by atoms with E-state index in [2.05, 4.69) is 83.4 Å². The zero-order valence-electron chi connectivity index (χ0n) is 26.6. The summed E-state index contributed by atoms with van der Waals surface area (Å²) < 4.78 is 4.34. The zero-order chi connectivity index (χ0) is 33.0. The summed E-state index contributed by atoms with van der Waals surface area (Å²) in [7, 11) is 0. The highest BCUT2D eigenvalue weighted by Crippen LogP contribution is 2.43. The number of rotatable bonds is 5. The molecule has 10 rings (SSSR count). The van der Waals surface area contributed by atoms with Crippen molar-refractivity contribution in [2.24, 2.45) is 0 Å². The summed E-state index contributed by atoms with van der Waals surface area (Å²) in [6, 6.07) is 53.8. The first-order valence-electron chi connectivity index (χ1n) is 16.4. The van der Waals surface area contributed by atoms with Crippen LogP contribution in [-0.2, 0) is 0 Å².